The lowest BCUT2D eigenvalue weighted by Gasteiger charge is -2.36. The number of likely N-dealkylation sites (tertiary alicyclic amines) is 1. The van der Waals surface area contributed by atoms with Gasteiger partial charge < -0.3 is 20.8 Å². The van der Waals surface area contributed by atoms with Crippen molar-refractivity contribution in [1.29, 1.82) is 0 Å². The molecule has 2 aliphatic rings. The molecule has 4 atom stereocenters. The molecule has 242 valence electrons. The summed E-state index contributed by atoms with van der Waals surface area (Å²) in [5, 5.41) is 7.04. The van der Waals surface area contributed by atoms with Crippen molar-refractivity contribution in [2.75, 3.05) is 6.54 Å². The Kier molecular flexibility index (Phi) is 10.7. The van der Waals surface area contributed by atoms with E-state index in [0.717, 1.165) is 0 Å². The van der Waals surface area contributed by atoms with Crippen LogP contribution in [0.3, 0.4) is 0 Å². The van der Waals surface area contributed by atoms with Crippen molar-refractivity contribution in [2.45, 2.75) is 105 Å². The number of ketones is 2. The van der Waals surface area contributed by atoms with Crippen LogP contribution in [0.4, 0.5) is 4.39 Å². The van der Waals surface area contributed by atoms with Crippen molar-refractivity contribution >= 4 is 46.6 Å². The van der Waals surface area contributed by atoms with Crippen LogP contribution in [0.5, 0.6) is 0 Å². The molecule has 0 radical (unpaired) electrons. The lowest BCUT2D eigenvalue weighted by Crippen LogP contribution is -2.57. The van der Waals surface area contributed by atoms with Crippen LogP contribution in [0.15, 0.2) is 23.4 Å². The van der Waals surface area contributed by atoms with Crippen LogP contribution in [0.2, 0.25) is 5.02 Å². The number of nitrogens with zero attached hydrogens (tertiary/aromatic N) is 2. The molecule has 1 aromatic carbocycles. The number of nitrogens with two attached hydrogens (primary N) is 1. The zero-order valence-corrected chi connectivity index (χ0v) is 27.3. The summed E-state index contributed by atoms with van der Waals surface area (Å²) < 4.78 is 13.8. The third-order valence-corrected chi connectivity index (χ3v) is 8.24. The Labute approximate surface area is 263 Å². The van der Waals surface area contributed by atoms with Gasteiger partial charge in [-0.15, -0.1) is 0 Å². The Bertz CT molecular complexity index is 1350. The number of benzene rings is 1. The van der Waals surface area contributed by atoms with Gasteiger partial charge in [0, 0.05) is 37.2 Å². The van der Waals surface area contributed by atoms with Gasteiger partial charge in [0.15, 0.2) is 11.4 Å². The zero-order chi connectivity index (χ0) is 33.2. The average Bonchev–Trinajstić information content (AvgIpc) is 3.49. The van der Waals surface area contributed by atoms with Gasteiger partial charge in [0.05, 0.1) is 23.3 Å². The second-order valence-corrected chi connectivity index (χ2v) is 14.7. The Morgan fingerprint density at radius 1 is 1.18 bits per heavy atom. The van der Waals surface area contributed by atoms with Crippen molar-refractivity contribution in [2.24, 2.45) is 27.6 Å². The van der Waals surface area contributed by atoms with Crippen LogP contribution in [-0.4, -0.2) is 64.1 Å². The first-order valence-electron chi connectivity index (χ1n) is 14.9. The molecule has 44 heavy (non-hydrogen) atoms. The van der Waals surface area contributed by atoms with E-state index in [2.05, 4.69) is 10.5 Å². The maximum atomic E-state index is 14.3. The van der Waals surface area contributed by atoms with E-state index < -0.39 is 58.2 Å². The minimum absolute atomic E-state index is 0.0197. The van der Waals surface area contributed by atoms with Gasteiger partial charge in [-0.25, -0.2) is 4.39 Å². The summed E-state index contributed by atoms with van der Waals surface area (Å²) in [6, 6.07) is 2.19. The van der Waals surface area contributed by atoms with Crippen LogP contribution in [0.1, 0.15) is 92.6 Å². The standard InChI is InChI=1S/C32H44ClFN4O6/c1-8-9-19(26(41)28(35)42)13-24(39)23-15-32(14-22(37-44-32)18-10-11-21(34)20(33)12-18)17-38(23)29(43)27(31(5,6)7)36-25(40)16-30(2,3)4/h10-12,19,23,27H,8-9,13-17H2,1-7H3,(H2,35,42)(H,36,40)/t19-,23+,27-,32-/m1/s1. The molecule has 3 amide bonds. The quantitative estimate of drug-likeness (QED) is 0.346. The van der Waals surface area contributed by atoms with Gasteiger partial charge in [-0.1, -0.05) is 77.7 Å². The summed E-state index contributed by atoms with van der Waals surface area (Å²) in [6.07, 6.45) is 1.00. The molecule has 2 heterocycles. The molecule has 0 saturated carbocycles. The van der Waals surface area contributed by atoms with Gasteiger partial charge >= 0.3 is 0 Å². The first-order chi connectivity index (χ1) is 20.3. The molecule has 3 N–H and O–H groups in total. The summed E-state index contributed by atoms with van der Waals surface area (Å²) in [5.74, 6) is -4.62. The SMILES string of the molecule is CCC[C@H](CC(=O)[C@@H]1C[C@]2(CC(c3ccc(F)c(Cl)c3)=NO2)CN1C(=O)[C@@H](NC(=O)CC(C)(C)C)C(C)(C)C)C(=O)C(N)=O. The fraction of sp³-hybridized carbons (Fsp3) is 0.625. The number of Topliss-reactive ketones (excluding diaryl/α,β-unsaturated/α-hetero) is 2. The molecule has 0 unspecified atom stereocenters. The monoisotopic (exact) mass is 634 g/mol. The van der Waals surface area contributed by atoms with Crippen LogP contribution in [0, 0.1) is 22.6 Å². The molecule has 0 aromatic heterocycles. The number of hydrogen-bond donors (Lipinski definition) is 2. The molecule has 12 heteroatoms. The average molecular weight is 635 g/mol. The van der Waals surface area contributed by atoms with Gasteiger partial charge in [0.1, 0.15) is 11.9 Å². The maximum absolute atomic E-state index is 14.3. The molecular weight excluding hydrogens is 591 g/mol. The summed E-state index contributed by atoms with van der Waals surface area (Å²) in [7, 11) is 0. The van der Waals surface area contributed by atoms with Crippen LogP contribution >= 0.6 is 11.6 Å². The lowest BCUT2D eigenvalue weighted by atomic mass is 9.84. The molecule has 0 bridgehead atoms. The molecule has 1 fully saturated rings. The summed E-state index contributed by atoms with van der Waals surface area (Å²) in [5.41, 5.74) is 4.16. The number of carbonyl (C=O) groups excluding carboxylic acids is 5. The molecule has 1 aromatic rings. The van der Waals surface area contributed by atoms with Crippen LogP contribution in [0.25, 0.3) is 0 Å². The topological polar surface area (TPSA) is 148 Å². The van der Waals surface area contributed by atoms with Crippen molar-refractivity contribution < 1.29 is 33.2 Å². The highest BCUT2D eigenvalue weighted by atomic mass is 35.5. The fourth-order valence-electron chi connectivity index (χ4n) is 5.78. The minimum atomic E-state index is -1.11. The Morgan fingerprint density at radius 2 is 1.84 bits per heavy atom. The molecule has 10 nitrogen and oxygen atoms in total. The van der Waals surface area contributed by atoms with E-state index in [1.54, 1.807) is 0 Å². The highest BCUT2D eigenvalue weighted by Crippen LogP contribution is 2.41. The minimum Gasteiger partial charge on any atom is -0.387 e. The number of oxime groups is 1. The Morgan fingerprint density at radius 3 is 2.39 bits per heavy atom. The highest BCUT2D eigenvalue weighted by molar-refractivity contribution is 6.36. The lowest BCUT2D eigenvalue weighted by molar-refractivity contribution is -0.145. The van der Waals surface area contributed by atoms with Crippen molar-refractivity contribution in [3.63, 3.8) is 0 Å². The van der Waals surface area contributed by atoms with E-state index in [1.807, 2.05) is 48.5 Å². The van der Waals surface area contributed by atoms with E-state index >= 15 is 0 Å². The summed E-state index contributed by atoms with van der Waals surface area (Å²) in [4.78, 5) is 72.8. The van der Waals surface area contributed by atoms with Gasteiger partial charge in [-0.3, -0.25) is 24.0 Å². The molecule has 3 rings (SSSR count). The number of amides is 3. The fourth-order valence-corrected chi connectivity index (χ4v) is 5.96. The number of hydrogen-bond acceptors (Lipinski definition) is 7. The van der Waals surface area contributed by atoms with E-state index in [-0.39, 0.29) is 55.0 Å². The highest BCUT2D eigenvalue weighted by Gasteiger charge is 2.55. The van der Waals surface area contributed by atoms with Gasteiger partial charge in [0.25, 0.3) is 5.91 Å². The third-order valence-electron chi connectivity index (χ3n) is 7.95. The maximum Gasteiger partial charge on any atom is 0.285 e. The predicted molar refractivity (Wildman–Crippen MR) is 164 cm³/mol. The van der Waals surface area contributed by atoms with Crippen LogP contribution < -0.4 is 11.1 Å². The second kappa shape index (κ2) is 13.3. The van der Waals surface area contributed by atoms with Gasteiger partial charge in [0.2, 0.25) is 17.6 Å². The van der Waals surface area contributed by atoms with Gasteiger partial charge in [-0.05, 0) is 29.4 Å². The number of nitrogens with one attached hydrogen (secondary N) is 1. The summed E-state index contributed by atoms with van der Waals surface area (Å²) >= 11 is 5.99. The number of rotatable bonds is 11. The van der Waals surface area contributed by atoms with E-state index in [1.165, 1.54) is 23.1 Å². The Balaban J connectivity index is 1.96. The molecular formula is C32H44ClFN4O6. The van der Waals surface area contributed by atoms with Crippen LogP contribution in [-0.2, 0) is 28.8 Å². The van der Waals surface area contributed by atoms with E-state index in [4.69, 9.17) is 22.2 Å². The second-order valence-electron chi connectivity index (χ2n) is 14.3. The first kappa shape index (κ1) is 35.1. The molecule has 2 aliphatic heterocycles. The first-order valence-corrected chi connectivity index (χ1v) is 15.3. The van der Waals surface area contributed by atoms with Crippen molar-refractivity contribution in [1.82, 2.24) is 10.2 Å². The summed E-state index contributed by atoms with van der Waals surface area (Å²) in [6.45, 7) is 13.0. The van der Waals surface area contributed by atoms with Crippen molar-refractivity contribution in [3.8, 4) is 0 Å². The van der Waals surface area contributed by atoms with E-state index in [0.29, 0.717) is 17.7 Å². The molecule has 1 spiro atoms. The number of halogens is 2. The predicted octanol–water partition coefficient (Wildman–Crippen LogP) is 4.34. The normalized spacial score (nSPS) is 21.4. The number of carbonyl (C=O) groups is 5. The third kappa shape index (κ3) is 8.43. The van der Waals surface area contributed by atoms with Crippen molar-refractivity contribution in [3.05, 3.63) is 34.6 Å². The zero-order valence-electron chi connectivity index (χ0n) is 26.6. The molecule has 0 aliphatic carbocycles. The van der Waals surface area contributed by atoms with E-state index in [9.17, 15) is 28.4 Å². The molecule has 1 saturated heterocycles. The smallest absolute Gasteiger partial charge is 0.285 e. The number of primary amides is 1. The van der Waals surface area contributed by atoms with Gasteiger partial charge in [-0.2, -0.15) is 0 Å². The largest absolute Gasteiger partial charge is 0.387 e. The Hall–Kier alpha value is -3.34.